The average Bonchev–Trinajstić information content (AvgIpc) is 2.80. The Labute approximate surface area is 203 Å². The van der Waals surface area contributed by atoms with Gasteiger partial charge >= 0.3 is 0 Å². The van der Waals surface area contributed by atoms with Crippen molar-refractivity contribution in [3.05, 3.63) is 87.4 Å². The molecule has 0 radical (unpaired) electrons. The summed E-state index contributed by atoms with van der Waals surface area (Å²) < 4.78 is 17.0. The SMILES string of the molecule is CCOc1ccc(C(=O)N/N=C/c2ccccc2OCc2ccc(Cl)cc2Cl)cc1OCC. The molecule has 8 heteroatoms. The molecule has 0 heterocycles. The fraction of sp³-hybridized carbons (Fsp3) is 0.200. The summed E-state index contributed by atoms with van der Waals surface area (Å²) in [6.07, 6.45) is 1.52. The number of para-hydroxylation sites is 1. The maximum atomic E-state index is 12.5. The van der Waals surface area contributed by atoms with Crippen molar-refractivity contribution < 1.29 is 19.0 Å². The molecule has 6 nitrogen and oxygen atoms in total. The van der Waals surface area contributed by atoms with Gasteiger partial charge in [0.25, 0.3) is 5.91 Å². The molecule has 0 aliphatic carbocycles. The van der Waals surface area contributed by atoms with Crippen LogP contribution in [0.15, 0.2) is 65.8 Å². The van der Waals surface area contributed by atoms with Crippen molar-refractivity contribution in [1.82, 2.24) is 5.43 Å². The maximum absolute atomic E-state index is 12.5. The van der Waals surface area contributed by atoms with E-state index in [2.05, 4.69) is 10.5 Å². The van der Waals surface area contributed by atoms with Gasteiger partial charge in [-0.05, 0) is 56.3 Å². The molecule has 0 fully saturated rings. The van der Waals surface area contributed by atoms with Crippen molar-refractivity contribution in [2.45, 2.75) is 20.5 Å². The average molecular weight is 487 g/mol. The van der Waals surface area contributed by atoms with Crippen LogP contribution >= 0.6 is 23.2 Å². The summed E-state index contributed by atoms with van der Waals surface area (Å²) in [5.74, 6) is 1.32. The van der Waals surface area contributed by atoms with Crippen LogP contribution in [0.1, 0.15) is 35.3 Å². The molecular weight excluding hydrogens is 463 g/mol. The van der Waals surface area contributed by atoms with E-state index < -0.39 is 0 Å². The number of carbonyl (C=O) groups is 1. The Morgan fingerprint density at radius 3 is 2.42 bits per heavy atom. The van der Waals surface area contributed by atoms with E-state index in [1.807, 2.05) is 44.2 Å². The highest BCUT2D eigenvalue weighted by Gasteiger charge is 2.11. The number of amides is 1. The normalized spacial score (nSPS) is 10.8. The Morgan fingerprint density at radius 2 is 1.67 bits per heavy atom. The highest BCUT2D eigenvalue weighted by molar-refractivity contribution is 6.35. The predicted molar refractivity (Wildman–Crippen MR) is 131 cm³/mol. The first-order valence-corrected chi connectivity index (χ1v) is 11.2. The molecule has 33 heavy (non-hydrogen) atoms. The van der Waals surface area contributed by atoms with E-state index in [0.717, 1.165) is 5.56 Å². The van der Waals surface area contributed by atoms with Crippen molar-refractivity contribution in [3.63, 3.8) is 0 Å². The van der Waals surface area contributed by atoms with E-state index in [-0.39, 0.29) is 12.5 Å². The summed E-state index contributed by atoms with van der Waals surface area (Å²) in [6, 6.07) is 17.6. The molecule has 0 spiro atoms. The minimum Gasteiger partial charge on any atom is -0.490 e. The molecule has 3 aromatic carbocycles. The molecule has 0 saturated carbocycles. The quantitative estimate of drug-likeness (QED) is 0.276. The van der Waals surface area contributed by atoms with Gasteiger partial charge in [-0.1, -0.05) is 41.4 Å². The van der Waals surface area contributed by atoms with Crippen LogP contribution in [0.3, 0.4) is 0 Å². The lowest BCUT2D eigenvalue weighted by Gasteiger charge is -2.12. The Hall–Kier alpha value is -3.22. The van der Waals surface area contributed by atoms with Gasteiger partial charge in [0.05, 0.1) is 19.4 Å². The number of ether oxygens (including phenoxy) is 3. The smallest absolute Gasteiger partial charge is 0.271 e. The van der Waals surface area contributed by atoms with Crippen molar-refractivity contribution in [2.24, 2.45) is 5.10 Å². The molecule has 0 saturated heterocycles. The summed E-state index contributed by atoms with van der Waals surface area (Å²) in [7, 11) is 0. The van der Waals surface area contributed by atoms with Gasteiger partial charge in [0.2, 0.25) is 0 Å². The highest BCUT2D eigenvalue weighted by atomic mass is 35.5. The minimum absolute atomic E-state index is 0.263. The van der Waals surface area contributed by atoms with Crippen LogP contribution in [0.5, 0.6) is 17.2 Å². The van der Waals surface area contributed by atoms with E-state index in [1.54, 1.807) is 30.3 Å². The molecule has 0 aliphatic heterocycles. The van der Waals surface area contributed by atoms with Crippen LogP contribution in [0, 0.1) is 0 Å². The Bertz CT molecular complexity index is 1140. The standard InChI is InChI=1S/C25H24Cl2N2O4/c1-3-31-23-12-10-17(13-24(23)32-4-2)25(30)29-28-15-18-7-5-6-8-22(18)33-16-19-9-11-20(26)14-21(19)27/h5-15H,3-4,16H2,1-2H3,(H,29,30)/b28-15+. The van der Waals surface area contributed by atoms with Crippen molar-refractivity contribution in [1.29, 1.82) is 0 Å². The molecule has 3 aromatic rings. The molecule has 1 amide bonds. The third kappa shape index (κ3) is 6.88. The Morgan fingerprint density at radius 1 is 0.909 bits per heavy atom. The molecule has 3 rings (SSSR count). The number of rotatable bonds is 10. The van der Waals surface area contributed by atoms with Gasteiger partial charge in [-0.3, -0.25) is 4.79 Å². The predicted octanol–water partition coefficient (Wildman–Crippen LogP) is 6.13. The third-order valence-electron chi connectivity index (χ3n) is 4.49. The zero-order valence-corrected chi connectivity index (χ0v) is 19.8. The maximum Gasteiger partial charge on any atom is 0.271 e. The number of hydrazone groups is 1. The van der Waals surface area contributed by atoms with Gasteiger partial charge in [-0.2, -0.15) is 5.10 Å². The van der Waals surface area contributed by atoms with Crippen molar-refractivity contribution >= 4 is 35.3 Å². The number of nitrogens with zero attached hydrogens (tertiary/aromatic N) is 1. The number of halogens is 2. The second kappa shape index (κ2) is 12.1. The molecule has 0 unspecified atom stereocenters. The van der Waals surface area contributed by atoms with Gasteiger partial charge in [0, 0.05) is 26.7 Å². The number of carbonyl (C=O) groups excluding carboxylic acids is 1. The van der Waals surface area contributed by atoms with Gasteiger partial charge < -0.3 is 14.2 Å². The van der Waals surface area contributed by atoms with Crippen LogP contribution in [-0.4, -0.2) is 25.3 Å². The lowest BCUT2D eigenvalue weighted by molar-refractivity contribution is 0.0954. The lowest BCUT2D eigenvalue weighted by atomic mass is 10.2. The topological polar surface area (TPSA) is 69.2 Å². The van der Waals surface area contributed by atoms with E-state index in [9.17, 15) is 4.79 Å². The van der Waals surface area contributed by atoms with Crippen molar-refractivity contribution in [2.75, 3.05) is 13.2 Å². The fourth-order valence-corrected chi connectivity index (χ4v) is 3.39. The van der Waals surface area contributed by atoms with Gasteiger partial charge in [0.1, 0.15) is 12.4 Å². The molecule has 0 bridgehead atoms. The number of hydrogen-bond acceptors (Lipinski definition) is 5. The van der Waals surface area contributed by atoms with Crippen molar-refractivity contribution in [3.8, 4) is 17.2 Å². The summed E-state index contributed by atoms with van der Waals surface area (Å²) >= 11 is 12.2. The Kier molecular flexibility index (Phi) is 8.98. The molecular formula is C25H24Cl2N2O4. The zero-order chi connectivity index (χ0) is 23.6. The first-order chi connectivity index (χ1) is 16.0. The van der Waals surface area contributed by atoms with Gasteiger partial charge in [-0.15, -0.1) is 0 Å². The fourth-order valence-electron chi connectivity index (χ4n) is 2.93. The van der Waals surface area contributed by atoms with Crippen LogP contribution in [0.4, 0.5) is 0 Å². The minimum atomic E-state index is -0.374. The summed E-state index contributed by atoms with van der Waals surface area (Å²) in [5, 5.41) is 5.17. The second-order valence-electron chi connectivity index (χ2n) is 6.79. The molecule has 0 atom stereocenters. The van der Waals surface area contributed by atoms with Crippen LogP contribution in [0.2, 0.25) is 10.0 Å². The van der Waals surface area contributed by atoms with Gasteiger partial charge in [0.15, 0.2) is 11.5 Å². The van der Waals surface area contributed by atoms with E-state index in [4.69, 9.17) is 37.4 Å². The summed E-state index contributed by atoms with van der Waals surface area (Å²) in [6.45, 7) is 4.98. The van der Waals surface area contributed by atoms with E-state index in [1.165, 1.54) is 6.21 Å². The first-order valence-electron chi connectivity index (χ1n) is 10.4. The summed E-state index contributed by atoms with van der Waals surface area (Å²) in [4.78, 5) is 12.5. The van der Waals surface area contributed by atoms with Crippen LogP contribution < -0.4 is 19.6 Å². The highest BCUT2D eigenvalue weighted by Crippen LogP contribution is 2.28. The molecule has 172 valence electrons. The molecule has 0 aliphatic rings. The number of hydrogen-bond donors (Lipinski definition) is 1. The summed E-state index contributed by atoms with van der Waals surface area (Å²) in [5.41, 5.74) is 4.44. The number of nitrogens with one attached hydrogen (secondary N) is 1. The largest absolute Gasteiger partial charge is 0.490 e. The number of benzene rings is 3. The lowest BCUT2D eigenvalue weighted by Crippen LogP contribution is -2.18. The monoisotopic (exact) mass is 486 g/mol. The zero-order valence-electron chi connectivity index (χ0n) is 18.3. The van der Waals surface area contributed by atoms with Crippen LogP contribution in [-0.2, 0) is 6.61 Å². The molecule has 0 aromatic heterocycles. The van der Waals surface area contributed by atoms with Gasteiger partial charge in [-0.25, -0.2) is 5.43 Å². The second-order valence-corrected chi connectivity index (χ2v) is 7.63. The van der Waals surface area contributed by atoms with E-state index >= 15 is 0 Å². The Balaban J connectivity index is 1.67. The third-order valence-corrected chi connectivity index (χ3v) is 5.08. The van der Waals surface area contributed by atoms with Crippen LogP contribution in [0.25, 0.3) is 0 Å². The van der Waals surface area contributed by atoms with E-state index in [0.29, 0.717) is 51.6 Å². The molecule has 1 N–H and O–H groups in total. The first kappa shape index (κ1) is 24.4.